The Labute approximate surface area is 150 Å². The molecule has 1 fully saturated rings. The van der Waals surface area contributed by atoms with Crippen molar-refractivity contribution in [2.45, 2.75) is 29.7 Å². The largest absolute Gasteiger partial charge is 0.383 e. The average molecular weight is 362 g/mol. The zero-order valence-electron chi connectivity index (χ0n) is 14.2. The van der Waals surface area contributed by atoms with Gasteiger partial charge in [0.15, 0.2) is 5.82 Å². The van der Waals surface area contributed by atoms with Crippen LogP contribution in [0.1, 0.15) is 25.1 Å². The van der Waals surface area contributed by atoms with Gasteiger partial charge in [0.05, 0.1) is 23.5 Å². The summed E-state index contributed by atoms with van der Waals surface area (Å²) in [5.74, 6) is 1.27. The van der Waals surface area contributed by atoms with Gasteiger partial charge in [-0.3, -0.25) is 4.79 Å². The smallest absolute Gasteiger partial charge is 0.259 e. The van der Waals surface area contributed by atoms with E-state index < -0.39 is 5.54 Å². The highest BCUT2D eigenvalue weighted by Gasteiger charge is 2.39. The van der Waals surface area contributed by atoms with Crippen LogP contribution in [0.4, 0.5) is 0 Å². The first kappa shape index (κ1) is 17.9. The fourth-order valence-electron chi connectivity index (χ4n) is 2.57. The van der Waals surface area contributed by atoms with Crippen LogP contribution < -0.4 is 11.1 Å². The van der Waals surface area contributed by atoms with E-state index in [1.807, 2.05) is 24.3 Å². The summed E-state index contributed by atoms with van der Waals surface area (Å²) in [6.45, 7) is 1.00. The molecule has 1 aromatic carbocycles. The van der Waals surface area contributed by atoms with Crippen LogP contribution in [0, 0.1) is 0 Å². The molecule has 7 nitrogen and oxygen atoms in total. The molecule has 0 aliphatic heterocycles. The summed E-state index contributed by atoms with van der Waals surface area (Å²) >= 11 is 1.43. The average Bonchev–Trinajstić information content (AvgIpc) is 3.08. The normalized spacial score (nSPS) is 15.6. The number of carbonyl (C=O) groups is 1. The van der Waals surface area contributed by atoms with Crippen molar-refractivity contribution in [3.8, 4) is 11.5 Å². The third-order valence-electron chi connectivity index (χ3n) is 4.22. The number of hydrogen-bond acceptors (Lipinski definition) is 7. The van der Waals surface area contributed by atoms with E-state index in [-0.39, 0.29) is 5.91 Å². The number of amides is 1. The molecule has 1 amide bonds. The Balaban J connectivity index is 1.68. The van der Waals surface area contributed by atoms with Crippen molar-refractivity contribution in [2.24, 2.45) is 5.73 Å². The lowest BCUT2D eigenvalue weighted by Gasteiger charge is -2.34. The van der Waals surface area contributed by atoms with Gasteiger partial charge in [0.2, 0.25) is 5.91 Å². The minimum atomic E-state index is -0.453. The highest BCUT2D eigenvalue weighted by molar-refractivity contribution is 8.00. The number of thioether (sulfide) groups is 1. The maximum atomic E-state index is 11.9. The molecule has 1 heterocycles. The number of aromatic nitrogens is 2. The summed E-state index contributed by atoms with van der Waals surface area (Å²) < 4.78 is 10.3. The van der Waals surface area contributed by atoms with Crippen molar-refractivity contribution in [3.63, 3.8) is 0 Å². The fraction of sp³-hybridized carbons (Fsp3) is 0.471. The SMILES string of the molecule is COCCNC(=O)CSc1ccccc1-c1nc(C2(N)CCC2)no1. The summed E-state index contributed by atoms with van der Waals surface area (Å²) in [7, 11) is 1.60. The van der Waals surface area contributed by atoms with Gasteiger partial charge in [-0.2, -0.15) is 4.98 Å². The molecule has 1 aliphatic rings. The predicted molar refractivity (Wildman–Crippen MR) is 95.1 cm³/mol. The molecule has 0 saturated heterocycles. The highest BCUT2D eigenvalue weighted by atomic mass is 32.2. The van der Waals surface area contributed by atoms with Crippen LogP contribution in [-0.4, -0.2) is 42.1 Å². The number of nitrogens with one attached hydrogen (secondary N) is 1. The van der Waals surface area contributed by atoms with Gasteiger partial charge in [0.25, 0.3) is 5.89 Å². The summed E-state index contributed by atoms with van der Waals surface area (Å²) in [5, 5.41) is 6.86. The van der Waals surface area contributed by atoms with Crippen molar-refractivity contribution in [1.82, 2.24) is 15.5 Å². The molecule has 0 atom stereocenters. The van der Waals surface area contributed by atoms with E-state index in [1.165, 1.54) is 11.8 Å². The molecule has 3 N–H and O–H groups in total. The third-order valence-corrected chi connectivity index (χ3v) is 5.30. The lowest BCUT2D eigenvalue weighted by atomic mass is 9.77. The Kier molecular flexibility index (Phi) is 5.72. The zero-order chi connectivity index (χ0) is 17.7. The molecular weight excluding hydrogens is 340 g/mol. The molecule has 8 heteroatoms. The second kappa shape index (κ2) is 7.99. The molecule has 134 valence electrons. The van der Waals surface area contributed by atoms with Crippen LogP contribution in [0.3, 0.4) is 0 Å². The molecule has 1 saturated carbocycles. The number of hydrogen-bond donors (Lipinski definition) is 2. The monoisotopic (exact) mass is 362 g/mol. The van der Waals surface area contributed by atoms with Crippen molar-refractivity contribution in [3.05, 3.63) is 30.1 Å². The van der Waals surface area contributed by atoms with E-state index in [0.29, 0.717) is 30.6 Å². The Hall–Kier alpha value is -1.90. The van der Waals surface area contributed by atoms with Gasteiger partial charge in [-0.05, 0) is 31.4 Å². The van der Waals surface area contributed by atoms with E-state index >= 15 is 0 Å². The Morgan fingerprint density at radius 3 is 2.96 bits per heavy atom. The third kappa shape index (κ3) is 4.20. The lowest BCUT2D eigenvalue weighted by Crippen LogP contribution is -2.44. The number of nitrogens with two attached hydrogens (primary N) is 1. The minimum absolute atomic E-state index is 0.0431. The maximum Gasteiger partial charge on any atom is 0.259 e. The molecule has 0 bridgehead atoms. The molecule has 0 radical (unpaired) electrons. The van der Waals surface area contributed by atoms with Crippen molar-refractivity contribution in [1.29, 1.82) is 0 Å². The number of benzene rings is 1. The topological polar surface area (TPSA) is 103 Å². The van der Waals surface area contributed by atoms with Crippen molar-refractivity contribution < 1.29 is 14.1 Å². The summed E-state index contributed by atoms with van der Waals surface area (Å²) in [4.78, 5) is 17.3. The quantitative estimate of drug-likeness (QED) is 0.546. The van der Waals surface area contributed by atoms with Crippen LogP contribution in [0.2, 0.25) is 0 Å². The van der Waals surface area contributed by atoms with E-state index in [2.05, 4.69) is 15.5 Å². The lowest BCUT2D eigenvalue weighted by molar-refractivity contribution is -0.118. The Morgan fingerprint density at radius 1 is 1.44 bits per heavy atom. The van der Waals surface area contributed by atoms with Crippen molar-refractivity contribution in [2.75, 3.05) is 26.0 Å². The molecule has 2 aromatic rings. The summed E-state index contributed by atoms with van der Waals surface area (Å²) in [5.41, 5.74) is 6.62. The van der Waals surface area contributed by atoms with Crippen LogP contribution in [0.5, 0.6) is 0 Å². The second-order valence-corrected chi connectivity index (χ2v) is 7.08. The molecule has 0 spiro atoms. The highest BCUT2D eigenvalue weighted by Crippen LogP contribution is 2.38. The first-order chi connectivity index (χ1) is 12.1. The van der Waals surface area contributed by atoms with Gasteiger partial charge < -0.3 is 20.3 Å². The van der Waals surface area contributed by atoms with Crippen molar-refractivity contribution >= 4 is 17.7 Å². The number of rotatable bonds is 8. The summed E-state index contributed by atoms with van der Waals surface area (Å²) in [6.07, 6.45) is 2.85. The molecule has 25 heavy (non-hydrogen) atoms. The van der Waals surface area contributed by atoms with Crippen LogP contribution >= 0.6 is 11.8 Å². The first-order valence-electron chi connectivity index (χ1n) is 8.23. The van der Waals surface area contributed by atoms with Gasteiger partial charge in [-0.15, -0.1) is 11.8 Å². The number of ether oxygens (including phenoxy) is 1. The van der Waals surface area contributed by atoms with Crippen LogP contribution in [0.25, 0.3) is 11.5 Å². The molecular formula is C17H22N4O3S. The fourth-order valence-corrected chi connectivity index (χ4v) is 3.45. The van der Waals surface area contributed by atoms with Gasteiger partial charge in [0.1, 0.15) is 0 Å². The first-order valence-corrected chi connectivity index (χ1v) is 9.22. The molecule has 1 aromatic heterocycles. The van der Waals surface area contributed by atoms with E-state index in [9.17, 15) is 4.79 Å². The molecule has 3 rings (SSSR count). The standard InChI is InChI=1S/C17H22N4O3S/c1-23-10-9-19-14(22)11-25-13-6-3-2-5-12(13)15-20-16(21-24-15)17(18)7-4-8-17/h2-3,5-6H,4,7-11,18H2,1H3,(H,19,22). The molecule has 0 unspecified atom stereocenters. The van der Waals surface area contributed by atoms with E-state index in [4.69, 9.17) is 15.0 Å². The van der Waals surface area contributed by atoms with Crippen LogP contribution in [-0.2, 0) is 15.1 Å². The van der Waals surface area contributed by atoms with E-state index in [1.54, 1.807) is 7.11 Å². The minimum Gasteiger partial charge on any atom is -0.383 e. The molecule has 1 aliphatic carbocycles. The van der Waals surface area contributed by atoms with E-state index in [0.717, 1.165) is 29.7 Å². The van der Waals surface area contributed by atoms with Gasteiger partial charge in [-0.1, -0.05) is 17.3 Å². The van der Waals surface area contributed by atoms with Gasteiger partial charge in [0, 0.05) is 18.6 Å². The van der Waals surface area contributed by atoms with Gasteiger partial charge in [-0.25, -0.2) is 0 Å². The predicted octanol–water partition coefficient (Wildman–Crippen LogP) is 1.93. The second-order valence-electron chi connectivity index (χ2n) is 6.06. The zero-order valence-corrected chi connectivity index (χ0v) is 15.0. The number of methoxy groups -OCH3 is 1. The Bertz CT molecular complexity index is 730. The number of carbonyl (C=O) groups excluding carboxylic acids is 1. The van der Waals surface area contributed by atoms with Crippen LogP contribution in [0.15, 0.2) is 33.7 Å². The summed E-state index contributed by atoms with van der Waals surface area (Å²) in [6, 6.07) is 7.67. The Morgan fingerprint density at radius 2 is 2.24 bits per heavy atom. The van der Waals surface area contributed by atoms with Gasteiger partial charge >= 0.3 is 0 Å². The number of nitrogens with zero attached hydrogens (tertiary/aromatic N) is 2. The maximum absolute atomic E-state index is 11.9.